The third kappa shape index (κ3) is 4.82. The number of benzene rings is 6. The summed E-state index contributed by atoms with van der Waals surface area (Å²) in [5.74, 6) is 0. The standard InChI is InChI=1S/C39H31N3/c1-30-27-31-28-38(25-26-39(31)40(30)32-15-6-2-7-16-32)42(35-21-12-5-13-22-35)37-24-14-23-36(29-37)41(33-17-8-3-9-18-33)34-19-10-4-11-20-34/h2-29H,1H3. The average molecular weight is 542 g/mol. The van der Waals surface area contributed by atoms with E-state index >= 15 is 0 Å². The van der Waals surface area contributed by atoms with Crippen LogP contribution in [-0.2, 0) is 0 Å². The Morgan fingerprint density at radius 3 is 1.33 bits per heavy atom. The SMILES string of the molecule is Cc1cc2cc(N(c3ccccc3)c3cccc(N(c4ccccc4)c4ccccc4)c3)ccc2n1-c1ccccc1. The number of fused-ring (bicyclic) bond motifs is 1. The van der Waals surface area contributed by atoms with Gasteiger partial charge in [0.15, 0.2) is 0 Å². The zero-order valence-corrected chi connectivity index (χ0v) is 23.5. The summed E-state index contributed by atoms with van der Waals surface area (Å²) in [5, 5.41) is 1.21. The molecule has 0 bridgehead atoms. The number of hydrogen-bond donors (Lipinski definition) is 0. The minimum absolute atomic E-state index is 1.09. The zero-order valence-electron chi connectivity index (χ0n) is 23.5. The molecule has 0 saturated carbocycles. The number of hydrogen-bond acceptors (Lipinski definition) is 2. The molecule has 7 rings (SSSR count). The van der Waals surface area contributed by atoms with Crippen molar-refractivity contribution in [2.75, 3.05) is 9.80 Å². The van der Waals surface area contributed by atoms with Crippen molar-refractivity contribution in [3.63, 3.8) is 0 Å². The number of anilines is 6. The highest BCUT2D eigenvalue weighted by atomic mass is 15.2. The fraction of sp³-hybridized carbons (Fsp3) is 0.0256. The Hall–Kier alpha value is -5.54. The van der Waals surface area contributed by atoms with E-state index in [2.05, 4.69) is 191 Å². The molecule has 6 aromatic carbocycles. The van der Waals surface area contributed by atoms with Crippen molar-refractivity contribution >= 4 is 45.0 Å². The molecule has 0 unspecified atom stereocenters. The molecule has 0 radical (unpaired) electrons. The van der Waals surface area contributed by atoms with Crippen LogP contribution in [0.4, 0.5) is 34.1 Å². The van der Waals surface area contributed by atoms with Gasteiger partial charge in [0.1, 0.15) is 0 Å². The number of rotatable bonds is 7. The first-order valence-corrected chi connectivity index (χ1v) is 14.3. The molecule has 3 nitrogen and oxygen atoms in total. The van der Waals surface area contributed by atoms with E-state index in [0.29, 0.717) is 0 Å². The molecule has 7 aromatic rings. The van der Waals surface area contributed by atoms with Crippen LogP contribution in [0.15, 0.2) is 170 Å². The predicted octanol–water partition coefficient (Wildman–Crippen LogP) is 10.9. The quantitative estimate of drug-likeness (QED) is 0.199. The molecule has 42 heavy (non-hydrogen) atoms. The Bertz CT molecular complexity index is 1890. The van der Waals surface area contributed by atoms with Gasteiger partial charge in [-0.2, -0.15) is 0 Å². The predicted molar refractivity (Wildman–Crippen MR) is 177 cm³/mol. The van der Waals surface area contributed by atoms with Crippen LogP contribution < -0.4 is 9.80 Å². The number of para-hydroxylation sites is 4. The highest BCUT2D eigenvalue weighted by Gasteiger charge is 2.18. The molecule has 0 aliphatic heterocycles. The molecule has 0 saturated heterocycles. The topological polar surface area (TPSA) is 11.4 Å². The minimum Gasteiger partial charge on any atom is -0.314 e. The van der Waals surface area contributed by atoms with Crippen molar-refractivity contribution in [3.8, 4) is 5.69 Å². The summed E-state index contributed by atoms with van der Waals surface area (Å²) in [6.07, 6.45) is 0. The first kappa shape index (κ1) is 25.4. The lowest BCUT2D eigenvalue weighted by Gasteiger charge is -2.29. The fourth-order valence-corrected chi connectivity index (χ4v) is 5.80. The number of aryl methyl sites for hydroxylation is 1. The van der Waals surface area contributed by atoms with Crippen molar-refractivity contribution in [3.05, 3.63) is 176 Å². The van der Waals surface area contributed by atoms with Crippen LogP contribution in [-0.4, -0.2) is 4.57 Å². The summed E-state index contributed by atoms with van der Waals surface area (Å²) in [6.45, 7) is 2.17. The van der Waals surface area contributed by atoms with Crippen LogP contribution in [0.2, 0.25) is 0 Å². The van der Waals surface area contributed by atoms with Gasteiger partial charge < -0.3 is 14.4 Å². The summed E-state index contributed by atoms with van der Waals surface area (Å²) < 4.78 is 2.32. The number of aromatic nitrogens is 1. The first-order chi connectivity index (χ1) is 20.8. The Kier molecular flexibility index (Phi) is 6.75. The van der Waals surface area contributed by atoms with Gasteiger partial charge in [0.2, 0.25) is 0 Å². The third-order valence-electron chi connectivity index (χ3n) is 7.63. The van der Waals surface area contributed by atoms with Crippen LogP contribution in [0.1, 0.15) is 5.69 Å². The van der Waals surface area contributed by atoms with Gasteiger partial charge in [0, 0.05) is 50.9 Å². The van der Waals surface area contributed by atoms with Crippen molar-refractivity contribution in [2.45, 2.75) is 6.92 Å². The van der Waals surface area contributed by atoms with Crippen LogP contribution in [0, 0.1) is 6.92 Å². The van der Waals surface area contributed by atoms with Crippen molar-refractivity contribution in [2.24, 2.45) is 0 Å². The number of nitrogens with zero attached hydrogens (tertiary/aromatic N) is 3. The smallest absolute Gasteiger partial charge is 0.0532 e. The minimum atomic E-state index is 1.09. The molecule has 0 N–H and O–H groups in total. The second-order valence-corrected chi connectivity index (χ2v) is 10.4. The molecule has 0 aliphatic rings. The Morgan fingerprint density at radius 2 is 0.810 bits per heavy atom. The Labute approximate surface area is 247 Å². The molecular formula is C39H31N3. The van der Waals surface area contributed by atoms with Gasteiger partial charge in [-0.15, -0.1) is 0 Å². The fourth-order valence-electron chi connectivity index (χ4n) is 5.80. The summed E-state index contributed by atoms with van der Waals surface area (Å²) in [5.41, 5.74) is 10.2. The summed E-state index contributed by atoms with van der Waals surface area (Å²) in [4.78, 5) is 4.64. The third-order valence-corrected chi connectivity index (χ3v) is 7.63. The second kappa shape index (κ2) is 11.1. The molecule has 1 heterocycles. The van der Waals surface area contributed by atoms with E-state index in [1.54, 1.807) is 0 Å². The largest absolute Gasteiger partial charge is 0.314 e. The lowest BCUT2D eigenvalue weighted by Crippen LogP contribution is -2.13. The maximum atomic E-state index is 2.34. The summed E-state index contributed by atoms with van der Waals surface area (Å²) >= 11 is 0. The van der Waals surface area contributed by atoms with E-state index in [9.17, 15) is 0 Å². The zero-order chi connectivity index (χ0) is 28.3. The van der Waals surface area contributed by atoms with Gasteiger partial charge >= 0.3 is 0 Å². The van der Waals surface area contributed by atoms with E-state index in [1.807, 2.05) is 0 Å². The highest BCUT2D eigenvalue weighted by Crippen LogP contribution is 2.41. The van der Waals surface area contributed by atoms with E-state index in [0.717, 1.165) is 34.1 Å². The molecular weight excluding hydrogens is 510 g/mol. The maximum Gasteiger partial charge on any atom is 0.0532 e. The van der Waals surface area contributed by atoms with Crippen LogP contribution in [0.3, 0.4) is 0 Å². The monoisotopic (exact) mass is 541 g/mol. The normalized spacial score (nSPS) is 11.0. The van der Waals surface area contributed by atoms with Gasteiger partial charge in [-0.3, -0.25) is 0 Å². The van der Waals surface area contributed by atoms with Gasteiger partial charge in [0.25, 0.3) is 0 Å². The van der Waals surface area contributed by atoms with Crippen molar-refractivity contribution in [1.82, 2.24) is 4.57 Å². The molecule has 0 spiro atoms. The molecule has 0 aliphatic carbocycles. The van der Waals surface area contributed by atoms with Gasteiger partial charge in [0.05, 0.1) is 5.52 Å². The second-order valence-electron chi connectivity index (χ2n) is 10.4. The molecule has 0 atom stereocenters. The van der Waals surface area contributed by atoms with Crippen molar-refractivity contribution in [1.29, 1.82) is 0 Å². The molecule has 0 fully saturated rings. The average Bonchev–Trinajstić information content (AvgIpc) is 3.38. The van der Waals surface area contributed by atoms with E-state index in [1.165, 1.54) is 22.3 Å². The van der Waals surface area contributed by atoms with Crippen LogP contribution in [0.25, 0.3) is 16.6 Å². The van der Waals surface area contributed by atoms with Gasteiger partial charge in [-0.05, 0) is 97.9 Å². The summed E-state index contributed by atoms with van der Waals surface area (Å²) in [7, 11) is 0. The molecule has 3 heteroatoms. The molecule has 202 valence electrons. The Morgan fingerprint density at radius 1 is 0.381 bits per heavy atom. The van der Waals surface area contributed by atoms with Gasteiger partial charge in [-0.25, -0.2) is 0 Å². The molecule has 1 aromatic heterocycles. The van der Waals surface area contributed by atoms with E-state index in [-0.39, 0.29) is 0 Å². The van der Waals surface area contributed by atoms with E-state index in [4.69, 9.17) is 0 Å². The van der Waals surface area contributed by atoms with Gasteiger partial charge in [-0.1, -0.05) is 78.9 Å². The van der Waals surface area contributed by atoms with Crippen LogP contribution >= 0.6 is 0 Å². The first-order valence-electron chi connectivity index (χ1n) is 14.3. The lowest BCUT2D eigenvalue weighted by molar-refractivity contribution is 1.05. The molecule has 0 amide bonds. The maximum absolute atomic E-state index is 2.34. The van der Waals surface area contributed by atoms with Crippen molar-refractivity contribution < 1.29 is 0 Å². The van der Waals surface area contributed by atoms with Crippen LogP contribution in [0.5, 0.6) is 0 Å². The van der Waals surface area contributed by atoms with E-state index < -0.39 is 0 Å². The Balaban J connectivity index is 1.37. The lowest BCUT2D eigenvalue weighted by atomic mass is 10.1. The highest BCUT2D eigenvalue weighted by molar-refractivity contribution is 5.90. The summed E-state index contributed by atoms with van der Waals surface area (Å²) in [6, 6.07) is 60.1.